The summed E-state index contributed by atoms with van der Waals surface area (Å²) in [5.41, 5.74) is 0.399. The van der Waals surface area contributed by atoms with Crippen LogP contribution in [0, 0.1) is 23.7 Å². The lowest BCUT2D eigenvalue weighted by Gasteiger charge is -2.08. The molecule has 0 N–H and O–H groups in total. The van der Waals surface area contributed by atoms with Crippen molar-refractivity contribution in [1.29, 1.82) is 0 Å². The number of hydrogen-bond acceptors (Lipinski definition) is 4. The predicted octanol–water partition coefficient (Wildman–Crippen LogP) is 3.61. The first-order valence-electron chi connectivity index (χ1n) is 8.05. The number of carbonyl (C=O) groups excluding carboxylic acids is 2. The van der Waals surface area contributed by atoms with Gasteiger partial charge in [0.05, 0.1) is 11.1 Å². The van der Waals surface area contributed by atoms with E-state index in [9.17, 15) is 9.59 Å². The van der Waals surface area contributed by atoms with Crippen molar-refractivity contribution < 1.29 is 19.1 Å². The van der Waals surface area contributed by atoms with E-state index >= 15 is 0 Å². The molecule has 1 aromatic rings. The Morgan fingerprint density at radius 2 is 1.21 bits per heavy atom. The van der Waals surface area contributed by atoms with Crippen LogP contribution in [0.15, 0.2) is 24.3 Å². The molecule has 0 saturated carbocycles. The van der Waals surface area contributed by atoms with E-state index in [1.54, 1.807) is 24.3 Å². The van der Waals surface area contributed by atoms with Gasteiger partial charge in [0.25, 0.3) is 0 Å². The van der Waals surface area contributed by atoms with Crippen molar-refractivity contribution in [2.45, 2.75) is 39.5 Å². The number of ether oxygens (including phenoxy) is 2. The molecule has 0 aromatic heterocycles. The second kappa shape index (κ2) is 11.8. The summed E-state index contributed by atoms with van der Waals surface area (Å²) >= 11 is 0. The molecule has 4 heteroatoms. The summed E-state index contributed by atoms with van der Waals surface area (Å²) in [5, 5.41) is 0. The maximum Gasteiger partial charge on any atom is 0.339 e. The number of rotatable bonds is 6. The summed E-state index contributed by atoms with van der Waals surface area (Å²) in [7, 11) is 0. The van der Waals surface area contributed by atoms with Crippen LogP contribution in [0.3, 0.4) is 0 Å². The van der Waals surface area contributed by atoms with Gasteiger partial charge < -0.3 is 9.47 Å². The molecule has 24 heavy (non-hydrogen) atoms. The monoisotopic (exact) mass is 326 g/mol. The van der Waals surface area contributed by atoms with E-state index in [4.69, 9.17) is 9.47 Å². The fourth-order valence-corrected chi connectivity index (χ4v) is 1.81. The molecule has 0 bridgehead atoms. The third-order valence-electron chi connectivity index (χ3n) is 2.89. The summed E-state index contributed by atoms with van der Waals surface area (Å²) in [4.78, 5) is 24.2. The molecule has 0 unspecified atom stereocenters. The highest BCUT2D eigenvalue weighted by Gasteiger charge is 2.18. The van der Waals surface area contributed by atoms with Crippen molar-refractivity contribution in [2.75, 3.05) is 13.2 Å². The second-order valence-electron chi connectivity index (χ2n) is 4.73. The molecule has 0 heterocycles. The summed E-state index contributed by atoms with van der Waals surface area (Å²) in [6.07, 6.45) is 2.49. The van der Waals surface area contributed by atoms with E-state index in [1.807, 2.05) is 13.8 Å². The van der Waals surface area contributed by atoms with Crippen LogP contribution in [0.4, 0.5) is 0 Å². The first-order valence-corrected chi connectivity index (χ1v) is 8.05. The number of benzene rings is 1. The van der Waals surface area contributed by atoms with Crippen LogP contribution in [0.1, 0.15) is 60.2 Å². The molecule has 1 rings (SSSR count). The Bertz CT molecular complexity index is 609. The van der Waals surface area contributed by atoms with Crippen molar-refractivity contribution >= 4 is 11.9 Å². The molecule has 0 spiro atoms. The topological polar surface area (TPSA) is 52.6 Å². The van der Waals surface area contributed by atoms with Gasteiger partial charge in [-0.2, -0.15) is 0 Å². The van der Waals surface area contributed by atoms with Crippen LogP contribution >= 0.6 is 0 Å². The Balaban J connectivity index is 2.62. The zero-order valence-electron chi connectivity index (χ0n) is 14.2. The van der Waals surface area contributed by atoms with Gasteiger partial charge in [-0.15, -0.1) is 11.8 Å². The van der Waals surface area contributed by atoms with Crippen molar-refractivity contribution in [3.63, 3.8) is 0 Å². The van der Waals surface area contributed by atoms with E-state index in [-0.39, 0.29) is 24.3 Å². The van der Waals surface area contributed by atoms with Gasteiger partial charge in [0.1, 0.15) is 13.2 Å². The van der Waals surface area contributed by atoms with Crippen LogP contribution in [-0.2, 0) is 9.47 Å². The minimum atomic E-state index is -0.549. The van der Waals surface area contributed by atoms with E-state index < -0.39 is 11.9 Å². The highest BCUT2D eigenvalue weighted by atomic mass is 16.5. The molecular weight excluding hydrogens is 304 g/mol. The van der Waals surface area contributed by atoms with E-state index in [1.165, 1.54) is 0 Å². The zero-order chi connectivity index (χ0) is 17.6. The molecule has 0 fully saturated rings. The SMILES string of the molecule is CCC#CCCOC(=O)c1ccccc1C(=O)OCCC#CCC. The molecular formula is C20H22O4. The molecule has 0 saturated heterocycles. The normalized spacial score (nSPS) is 9.08. The molecule has 0 aliphatic heterocycles. The van der Waals surface area contributed by atoms with Crippen LogP contribution in [-0.4, -0.2) is 25.2 Å². The quantitative estimate of drug-likeness (QED) is 0.455. The average Bonchev–Trinajstić information content (AvgIpc) is 2.61. The number of esters is 2. The minimum Gasteiger partial charge on any atom is -0.461 e. The van der Waals surface area contributed by atoms with Crippen LogP contribution in [0.2, 0.25) is 0 Å². The third kappa shape index (κ3) is 7.03. The summed E-state index contributed by atoms with van der Waals surface area (Å²) in [6, 6.07) is 6.45. The zero-order valence-corrected chi connectivity index (χ0v) is 14.2. The lowest BCUT2D eigenvalue weighted by atomic mass is 10.1. The number of carbonyl (C=O) groups is 2. The molecule has 0 atom stereocenters. The molecule has 126 valence electrons. The van der Waals surface area contributed by atoms with Crippen molar-refractivity contribution in [3.8, 4) is 23.7 Å². The minimum absolute atomic E-state index is 0.196. The van der Waals surface area contributed by atoms with Gasteiger partial charge in [-0.25, -0.2) is 9.59 Å². The molecule has 0 aliphatic carbocycles. The third-order valence-corrected chi connectivity index (χ3v) is 2.89. The predicted molar refractivity (Wildman–Crippen MR) is 92.4 cm³/mol. The van der Waals surface area contributed by atoms with Gasteiger partial charge >= 0.3 is 11.9 Å². The summed E-state index contributed by atoms with van der Waals surface area (Å²) < 4.78 is 10.3. The smallest absolute Gasteiger partial charge is 0.339 e. The van der Waals surface area contributed by atoms with Crippen LogP contribution < -0.4 is 0 Å². The average molecular weight is 326 g/mol. The lowest BCUT2D eigenvalue weighted by Crippen LogP contribution is -2.14. The van der Waals surface area contributed by atoms with E-state index in [2.05, 4.69) is 23.7 Å². The van der Waals surface area contributed by atoms with Crippen LogP contribution in [0.5, 0.6) is 0 Å². The molecule has 0 amide bonds. The Morgan fingerprint density at radius 3 is 1.58 bits per heavy atom. The Labute approximate surface area is 143 Å². The van der Waals surface area contributed by atoms with Gasteiger partial charge in [0.2, 0.25) is 0 Å². The van der Waals surface area contributed by atoms with Gasteiger partial charge in [-0.05, 0) is 12.1 Å². The largest absolute Gasteiger partial charge is 0.461 e. The number of hydrogen-bond donors (Lipinski definition) is 0. The van der Waals surface area contributed by atoms with Crippen molar-refractivity contribution in [3.05, 3.63) is 35.4 Å². The Hall–Kier alpha value is -2.72. The molecule has 1 aromatic carbocycles. The molecule has 4 nitrogen and oxygen atoms in total. The van der Waals surface area contributed by atoms with Gasteiger partial charge in [-0.3, -0.25) is 0 Å². The first-order chi connectivity index (χ1) is 11.7. The fourth-order valence-electron chi connectivity index (χ4n) is 1.81. The fraction of sp³-hybridized carbons (Fsp3) is 0.400. The summed E-state index contributed by atoms with van der Waals surface area (Å²) in [6.45, 7) is 4.30. The maximum atomic E-state index is 12.1. The Kier molecular flexibility index (Phi) is 9.50. The Morgan fingerprint density at radius 1 is 0.792 bits per heavy atom. The lowest BCUT2D eigenvalue weighted by molar-refractivity contribution is 0.0466. The maximum absolute atomic E-state index is 12.1. The van der Waals surface area contributed by atoms with Gasteiger partial charge in [0.15, 0.2) is 0 Å². The summed E-state index contributed by atoms with van der Waals surface area (Å²) in [5.74, 6) is 10.5. The second-order valence-corrected chi connectivity index (χ2v) is 4.73. The highest BCUT2D eigenvalue weighted by Crippen LogP contribution is 2.12. The van der Waals surface area contributed by atoms with E-state index in [0.29, 0.717) is 12.8 Å². The molecule has 0 radical (unpaired) electrons. The standard InChI is InChI=1S/C20H22O4/c1-3-5-7-11-15-23-19(21)17-13-9-10-14-18(17)20(22)24-16-12-8-6-4-2/h9-10,13-14H,3-4,11-12,15-16H2,1-2H3. The van der Waals surface area contributed by atoms with Crippen LogP contribution in [0.25, 0.3) is 0 Å². The highest BCUT2D eigenvalue weighted by molar-refractivity contribution is 6.03. The molecule has 0 aliphatic rings. The van der Waals surface area contributed by atoms with Crippen molar-refractivity contribution in [2.24, 2.45) is 0 Å². The van der Waals surface area contributed by atoms with Gasteiger partial charge in [0, 0.05) is 25.7 Å². The van der Waals surface area contributed by atoms with Gasteiger partial charge in [-0.1, -0.05) is 37.8 Å². The van der Waals surface area contributed by atoms with Crippen molar-refractivity contribution in [1.82, 2.24) is 0 Å². The first kappa shape index (κ1) is 19.3. The van der Waals surface area contributed by atoms with E-state index in [0.717, 1.165) is 12.8 Å².